The van der Waals surface area contributed by atoms with Crippen molar-refractivity contribution in [2.75, 3.05) is 53.0 Å². The zero-order valence-electron chi connectivity index (χ0n) is 13.1. The fraction of sp³-hybridized carbons (Fsp3) is 0.562. The lowest BCUT2D eigenvalue weighted by molar-refractivity contribution is -0.122. The van der Waals surface area contributed by atoms with Crippen LogP contribution >= 0.6 is 0 Å². The van der Waals surface area contributed by atoms with E-state index in [1.807, 2.05) is 12.1 Å². The molecule has 5 nitrogen and oxygen atoms in total. The summed E-state index contributed by atoms with van der Waals surface area (Å²) in [6.45, 7) is 5.95. The number of rotatable bonds is 7. The van der Waals surface area contributed by atoms with Crippen molar-refractivity contribution in [3.8, 4) is 0 Å². The topological polar surface area (TPSA) is 44.8 Å². The van der Waals surface area contributed by atoms with Gasteiger partial charge in [0.15, 0.2) is 0 Å². The lowest BCUT2D eigenvalue weighted by Crippen LogP contribution is -2.49. The standard InChI is InChI=1S/C16H24FN3O2/c1-22-11-6-18-16(21)13-20-9-7-19(8-10-20)12-14-2-4-15(17)5-3-14/h2-5H,6-13H2,1H3,(H,18,21). The molecule has 0 spiro atoms. The fourth-order valence-corrected chi connectivity index (χ4v) is 2.51. The summed E-state index contributed by atoms with van der Waals surface area (Å²) < 4.78 is 17.8. The Bertz CT molecular complexity index is 459. The lowest BCUT2D eigenvalue weighted by Gasteiger charge is -2.34. The number of hydrogen-bond donors (Lipinski definition) is 1. The van der Waals surface area contributed by atoms with Gasteiger partial charge in [-0.1, -0.05) is 12.1 Å². The predicted octanol–water partition coefficient (Wildman–Crippen LogP) is 0.706. The van der Waals surface area contributed by atoms with E-state index in [9.17, 15) is 9.18 Å². The van der Waals surface area contributed by atoms with Gasteiger partial charge in [-0.15, -0.1) is 0 Å². The first-order valence-corrected chi connectivity index (χ1v) is 7.62. The minimum absolute atomic E-state index is 0.0454. The van der Waals surface area contributed by atoms with Gasteiger partial charge < -0.3 is 10.1 Å². The first kappa shape index (κ1) is 16.9. The number of nitrogens with one attached hydrogen (secondary N) is 1. The zero-order valence-corrected chi connectivity index (χ0v) is 13.1. The minimum Gasteiger partial charge on any atom is -0.383 e. The third-order valence-corrected chi connectivity index (χ3v) is 3.78. The van der Waals surface area contributed by atoms with Crippen molar-refractivity contribution in [2.24, 2.45) is 0 Å². The van der Waals surface area contributed by atoms with E-state index >= 15 is 0 Å². The van der Waals surface area contributed by atoms with Gasteiger partial charge >= 0.3 is 0 Å². The van der Waals surface area contributed by atoms with Crippen LogP contribution < -0.4 is 5.32 Å². The van der Waals surface area contributed by atoms with Gasteiger partial charge in [0.2, 0.25) is 5.91 Å². The van der Waals surface area contributed by atoms with Crippen LogP contribution in [0.3, 0.4) is 0 Å². The molecule has 0 bridgehead atoms. The Labute approximate surface area is 131 Å². The number of benzene rings is 1. The molecule has 1 aliphatic rings. The number of nitrogens with zero attached hydrogens (tertiary/aromatic N) is 2. The summed E-state index contributed by atoms with van der Waals surface area (Å²) in [5, 5.41) is 2.83. The Morgan fingerprint density at radius 3 is 2.45 bits per heavy atom. The summed E-state index contributed by atoms with van der Waals surface area (Å²) in [6, 6.07) is 6.64. The summed E-state index contributed by atoms with van der Waals surface area (Å²) in [5.41, 5.74) is 1.12. The van der Waals surface area contributed by atoms with E-state index in [-0.39, 0.29) is 11.7 Å². The first-order valence-electron chi connectivity index (χ1n) is 7.62. The highest BCUT2D eigenvalue weighted by molar-refractivity contribution is 5.77. The van der Waals surface area contributed by atoms with Crippen molar-refractivity contribution in [1.82, 2.24) is 15.1 Å². The van der Waals surface area contributed by atoms with E-state index in [1.54, 1.807) is 7.11 Å². The van der Waals surface area contributed by atoms with E-state index in [1.165, 1.54) is 12.1 Å². The molecule has 1 aromatic rings. The van der Waals surface area contributed by atoms with Crippen molar-refractivity contribution in [1.29, 1.82) is 0 Å². The van der Waals surface area contributed by atoms with Crippen LogP contribution in [0.5, 0.6) is 0 Å². The second-order valence-electron chi connectivity index (χ2n) is 5.52. The van der Waals surface area contributed by atoms with Crippen molar-refractivity contribution in [3.05, 3.63) is 35.6 Å². The average molecular weight is 309 g/mol. The van der Waals surface area contributed by atoms with Gasteiger partial charge in [-0.3, -0.25) is 14.6 Å². The van der Waals surface area contributed by atoms with Gasteiger partial charge in [-0.05, 0) is 17.7 Å². The molecule has 1 aromatic carbocycles. The third-order valence-electron chi connectivity index (χ3n) is 3.78. The molecule has 1 fully saturated rings. The molecule has 0 unspecified atom stereocenters. The molecular weight excluding hydrogens is 285 g/mol. The van der Waals surface area contributed by atoms with Crippen LogP contribution in [-0.4, -0.2) is 68.7 Å². The molecule has 1 aliphatic heterocycles. The van der Waals surface area contributed by atoms with E-state index in [0.29, 0.717) is 19.7 Å². The fourth-order valence-electron chi connectivity index (χ4n) is 2.51. The van der Waals surface area contributed by atoms with Crippen LogP contribution in [0.15, 0.2) is 24.3 Å². The number of carbonyl (C=O) groups excluding carboxylic acids is 1. The SMILES string of the molecule is COCCNC(=O)CN1CCN(Cc2ccc(F)cc2)CC1. The number of carbonyl (C=O) groups is 1. The Morgan fingerprint density at radius 1 is 1.18 bits per heavy atom. The van der Waals surface area contributed by atoms with Gasteiger partial charge in [-0.2, -0.15) is 0 Å². The highest BCUT2D eigenvalue weighted by atomic mass is 19.1. The summed E-state index contributed by atoms with van der Waals surface area (Å²) in [4.78, 5) is 16.2. The molecule has 22 heavy (non-hydrogen) atoms. The summed E-state index contributed by atoms with van der Waals surface area (Å²) in [5.74, 6) is -0.155. The molecule has 1 saturated heterocycles. The summed E-state index contributed by atoms with van der Waals surface area (Å²) >= 11 is 0. The highest BCUT2D eigenvalue weighted by Gasteiger charge is 2.18. The third kappa shape index (κ3) is 5.71. The number of hydrogen-bond acceptors (Lipinski definition) is 4. The molecule has 2 rings (SSSR count). The first-order chi connectivity index (χ1) is 10.7. The van der Waals surface area contributed by atoms with Crippen molar-refractivity contribution < 1.29 is 13.9 Å². The lowest BCUT2D eigenvalue weighted by atomic mass is 10.2. The van der Waals surface area contributed by atoms with Crippen LogP contribution in [0.25, 0.3) is 0 Å². The molecule has 0 aliphatic carbocycles. The van der Waals surface area contributed by atoms with Crippen molar-refractivity contribution in [2.45, 2.75) is 6.54 Å². The minimum atomic E-state index is -0.201. The smallest absolute Gasteiger partial charge is 0.234 e. The maximum atomic E-state index is 12.9. The number of methoxy groups -OCH3 is 1. The number of piperazine rings is 1. The Morgan fingerprint density at radius 2 is 1.82 bits per heavy atom. The normalized spacial score (nSPS) is 16.6. The zero-order chi connectivity index (χ0) is 15.8. The van der Waals surface area contributed by atoms with Crippen LogP contribution in [0.1, 0.15) is 5.56 Å². The molecule has 0 radical (unpaired) electrons. The van der Waals surface area contributed by atoms with Crippen molar-refractivity contribution >= 4 is 5.91 Å². The van der Waals surface area contributed by atoms with Crippen molar-refractivity contribution in [3.63, 3.8) is 0 Å². The summed E-state index contributed by atoms with van der Waals surface area (Å²) in [7, 11) is 1.62. The molecule has 6 heteroatoms. The molecule has 1 heterocycles. The molecule has 0 aromatic heterocycles. The van der Waals surface area contributed by atoms with Gasteiger partial charge in [0.25, 0.3) is 0 Å². The van der Waals surface area contributed by atoms with Gasteiger partial charge in [0, 0.05) is 46.4 Å². The van der Waals surface area contributed by atoms with E-state index in [0.717, 1.165) is 38.3 Å². The van der Waals surface area contributed by atoms with Crippen LogP contribution in [0.2, 0.25) is 0 Å². The van der Waals surface area contributed by atoms with Crippen LogP contribution in [-0.2, 0) is 16.1 Å². The second kappa shape index (κ2) is 8.82. The maximum Gasteiger partial charge on any atom is 0.234 e. The number of halogens is 1. The highest BCUT2D eigenvalue weighted by Crippen LogP contribution is 2.09. The average Bonchev–Trinajstić information content (AvgIpc) is 2.52. The predicted molar refractivity (Wildman–Crippen MR) is 83.0 cm³/mol. The molecule has 1 amide bonds. The number of ether oxygens (including phenoxy) is 1. The van der Waals surface area contributed by atoms with E-state index < -0.39 is 0 Å². The Balaban J connectivity index is 1.67. The molecule has 0 saturated carbocycles. The largest absolute Gasteiger partial charge is 0.383 e. The van der Waals surface area contributed by atoms with Gasteiger partial charge in [-0.25, -0.2) is 4.39 Å². The van der Waals surface area contributed by atoms with Gasteiger partial charge in [0.1, 0.15) is 5.82 Å². The Hall–Kier alpha value is -1.50. The van der Waals surface area contributed by atoms with E-state index in [2.05, 4.69) is 15.1 Å². The molecular formula is C16H24FN3O2. The van der Waals surface area contributed by atoms with E-state index in [4.69, 9.17) is 4.74 Å². The van der Waals surface area contributed by atoms with Gasteiger partial charge in [0.05, 0.1) is 13.2 Å². The monoisotopic (exact) mass is 309 g/mol. The summed E-state index contributed by atoms with van der Waals surface area (Å²) in [6.07, 6.45) is 0. The van der Waals surface area contributed by atoms with Crippen LogP contribution in [0.4, 0.5) is 4.39 Å². The van der Waals surface area contributed by atoms with Crippen LogP contribution in [0, 0.1) is 5.82 Å². The quantitative estimate of drug-likeness (QED) is 0.754. The second-order valence-corrected chi connectivity index (χ2v) is 5.52. The Kier molecular flexibility index (Phi) is 6.76. The molecule has 122 valence electrons. The molecule has 1 N–H and O–H groups in total. The maximum absolute atomic E-state index is 12.9. The molecule has 0 atom stereocenters. The number of amides is 1.